The molecule has 0 unspecified atom stereocenters. The molecule has 0 aromatic carbocycles. The first-order valence-corrected chi connectivity index (χ1v) is 12.6. The summed E-state index contributed by atoms with van der Waals surface area (Å²) in [5, 5.41) is 0. The minimum atomic E-state index is -1.23. The summed E-state index contributed by atoms with van der Waals surface area (Å²) < 4.78 is 20.9. The minimum Gasteiger partial charge on any atom is -0.467 e. The first-order chi connectivity index (χ1) is 16.4. The summed E-state index contributed by atoms with van der Waals surface area (Å²) in [5.74, 6) is -0.936. The number of amides is 2. The Morgan fingerprint density at radius 3 is 1.61 bits per heavy atom. The zero-order valence-corrected chi connectivity index (χ0v) is 23.9. The number of ether oxygens (including phenoxy) is 4. The van der Waals surface area contributed by atoms with Crippen LogP contribution in [-0.2, 0) is 28.5 Å². The van der Waals surface area contributed by atoms with Gasteiger partial charge in [-0.15, -0.1) is 0 Å². The molecule has 9 nitrogen and oxygen atoms in total. The van der Waals surface area contributed by atoms with Crippen molar-refractivity contribution >= 4 is 24.1 Å². The molecular weight excluding hydrogens is 466 g/mol. The summed E-state index contributed by atoms with van der Waals surface area (Å²) in [4.78, 5) is 50.6. The standard InChI is InChI=1S/C27H47NO8/c1-25(2,3)34-21(29)19-17-15-13-11-12-14-16-18-20(22(30)33-10)28(23(31)35-26(4,5)6)24(32)36-27(7,8)9/h14,16,20H,11-13,15,17-19H2,1-10H3/t20-/m0/s1. The van der Waals surface area contributed by atoms with E-state index in [9.17, 15) is 19.2 Å². The van der Waals surface area contributed by atoms with Crippen molar-refractivity contribution in [2.75, 3.05) is 7.11 Å². The monoisotopic (exact) mass is 513 g/mol. The Bertz CT molecular complexity index is 725. The third-order valence-electron chi connectivity index (χ3n) is 4.41. The van der Waals surface area contributed by atoms with Crippen molar-refractivity contribution in [1.29, 1.82) is 0 Å². The number of methoxy groups -OCH3 is 1. The van der Waals surface area contributed by atoms with E-state index in [1.807, 2.05) is 26.8 Å². The van der Waals surface area contributed by atoms with Gasteiger partial charge in [0, 0.05) is 6.42 Å². The van der Waals surface area contributed by atoms with Crippen LogP contribution in [0.5, 0.6) is 0 Å². The molecular formula is C27H47NO8. The van der Waals surface area contributed by atoms with Gasteiger partial charge >= 0.3 is 24.1 Å². The molecule has 0 rings (SSSR count). The zero-order valence-electron chi connectivity index (χ0n) is 23.9. The van der Waals surface area contributed by atoms with Gasteiger partial charge in [-0.25, -0.2) is 14.4 Å². The highest BCUT2D eigenvalue weighted by molar-refractivity contribution is 5.94. The van der Waals surface area contributed by atoms with Gasteiger partial charge < -0.3 is 18.9 Å². The molecule has 0 aliphatic heterocycles. The van der Waals surface area contributed by atoms with Crippen LogP contribution in [0.3, 0.4) is 0 Å². The van der Waals surface area contributed by atoms with E-state index in [0.29, 0.717) is 11.3 Å². The molecule has 0 N–H and O–H groups in total. The molecule has 0 spiro atoms. The summed E-state index contributed by atoms with van der Waals surface area (Å²) in [7, 11) is 1.19. The lowest BCUT2D eigenvalue weighted by Crippen LogP contribution is -2.52. The fraction of sp³-hybridized carbons (Fsp3) is 0.778. The summed E-state index contributed by atoms with van der Waals surface area (Å²) in [6.45, 7) is 15.5. The van der Waals surface area contributed by atoms with Crippen molar-refractivity contribution in [1.82, 2.24) is 4.90 Å². The van der Waals surface area contributed by atoms with Crippen molar-refractivity contribution in [3.8, 4) is 0 Å². The van der Waals surface area contributed by atoms with Crippen molar-refractivity contribution < 1.29 is 38.1 Å². The lowest BCUT2D eigenvalue weighted by molar-refractivity contribution is -0.155. The molecule has 0 aliphatic rings. The van der Waals surface area contributed by atoms with Crippen molar-refractivity contribution in [2.24, 2.45) is 0 Å². The summed E-state index contributed by atoms with van der Waals surface area (Å²) >= 11 is 0. The molecule has 9 heteroatoms. The first-order valence-electron chi connectivity index (χ1n) is 12.6. The lowest BCUT2D eigenvalue weighted by atomic mass is 10.1. The second-order valence-corrected chi connectivity index (χ2v) is 11.6. The quantitative estimate of drug-likeness (QED) is 0.136. The summed E-state index contributed by atoms with van der Waals surface area (Å²) in [6, 6.07) is -1.23. The first kappa shape index (κ1) is 33.4. The Balaban J connectivity index is 5.01. The van der Waals surface area contributed by atoms with E-state index in [4.69, 9.17) is 18.9 Å². The van der Waals surface area contributed by atoms with Gasteiger partial charge in [0.1, 0.15) is 22.8 Å². The minimum absolute atomic E-state index is 0.0593. The maximum atomic E-state index is 12.8. The van der Waals surface area contributed by atoms with E-state index in [0.717, 1.165) is 32.1 Å². The van der Waals surface area contributed by atoms with Crippen LogP contribution in [0.2, 0.25) is 0 Å². The van der Waals surface area contributed by atoms with Gasteiger partial charge in [-0.05, 0) is 88.0 Å². The highest BCUT2D eigenvalue weighted by atomic mass is 16.6. The Labute approximate surface area is 216 Å². The van der Waals surface area contributed by atoms with Crippen LogP contribution in [0, 0.1) is 0 Å². The fourth-order valence-electron chi connectivity index (χ4n) is 3.01. The fourth-order valence-corrected chi connectivity index (χ4v) is 3.01. The number of rotatable bonds is 11. The van der Waals surface area contributed by atoms with Crippen molar-refractivity contribution in [3.63, 3.8) is 0 Å². The Morgan fingerprint density at radius 1 is 0.694 bits per heavy atom. The molecule has 2 amide bonds. The van der Waals surface area contributed by atoms with Gasteiger partial charge in [-0.3, -0.25) is 4.79 Å². The van der Waals surface area contributed by atoms with Crippen molar-refractivity contribution in [3.05, 3.63) is 12.2 Å². The van der Waals surface area contributed by atoms with Crippen LogP contribution in [0.4, 0.5) is 9.59 Å². The van der Waals surface area contributed by atoms with Gasteiger partial charge in [-0.1, -0.05) is 25.0 Å². The highest BCUT2D eigenvalue weighted by Gasteiger charge is 2.40. The number of carbonyl (C=O) groups excluding carboxylic acids is 4. The third kappa shape index (κ3) is 16.2. The number of esters is 2. The molecule has 0 bridgehead atoms. The van der Waals surface area contributed by atoms with Crippen LogP contribution in [0.25, 0.3) is 0 Å². The maximum Gasteiger partial charge on any atom is 0.420 e. The smallest absolute Gasteiger partial charge is 0.420 e. The van der Waals surface area contributed by atoms with Gasteiger partial charge in [0.2, 0.25) is 0 Å². The molecule has 208 valence electrons. The molecule has 0 heterocycles. The Hall–Kier alpha value is -2.58. The topological polar surface area (TPSA) is 108 Å². The third-order valence-corrected chi connectivity index (χ3v) is 4.41. The molecule has 0 aliphatic carbocycles. The van der Waals surface area contributed by atoms with E-state index < -0.39 is 41.0 Å². The van der Waals surface area contributed by atoms with Gasteiger partial charge in [0.05, 0.1) is 7.11 Å². The Morgan fingerprint density at radius 2 is 1.17 bits per heavy atom. The van der Waals surface area contributed by atoms with Crippen LogP contribution in [-0.4, -0.2) is 59.0 Å². The number of hydrogen-bond donors (Lipinski definition) is 0. The van der Waals surface area contributed by atoms with Crippen LogP contribution in [0.15, 0.2) is 12.2 Å². The molecule has 0 aromatic rings. The summed E-state index contributed by atoms with van der Waals surface area (Å²) in [5.41, 5.74) is -2.22. The van der Waals surface area contributed by atoms with E-state index in [1.54, 1.807) is 47.6 Å². The molecule has 0 aromatic heterocycles. The average molecular weight is 514 g/mol. The van der Waals surface area contributed by atoms with Gasteiger partial charge in [0.25, 0.3) is 0 Å². The number of hydrogen-bond acceptors (Lipinski definition) is 8. The van der Waals surface area contributed by atoms with Crippen LogP contribution < -0.4 is 0 Å². The largest absolute Gasteiger partial charge is 0.467 e. The van der Waals surface area contributed by atoms with Crippen LogP contribution >= 0.6 is 0 Å². The molecule has 0 fully saturated rings. The number of nitrogens with zero attached hydrogens (tertiary/aromatic N) is 1. The molecule has 0 radical (unpaired) electrons. The normalized spacial score (nSPS) is 13.2. The average Bonchev–Trinajstić information content (AvgIpc) is 2.66. The predicted octanol–water partition coefficient (Wildman–Crippen LogP) is 6.33. The molecule has 1 atom stereocenters. The highest BCUT2D eigenvalue weighted by Crippen LogP contribution is 2.20. The van der Waals surface area contributed by atoms with E-state index in [2.05, 4.69) is 0 Å². The predicted molar refractivity (Wildman–Crippen MR) is 137 cm³/mol. The van der Waals surface area contributed by atoms with Gasteiger partial charge in [-0.2, -0.15) is 4.90 Å². The Kier molecular flexibility index (Phi) is 13.8. The zero-order chi connectivity index (χ0) is 28.2. The van der Waals surface area contributed by atoms with Crippen LogP contribution in [0.1, 0.15) is 107 Å². The molecule has 0 saturated carbocycles. The van der Waals surface area contributed by atoms with E-state index >= 15 is 0 Å². The summed E-state index contributed by atoms with van der Waals surface area (Å²) in [6.07, 6.45) is 6.40. The number of imide groups is 1. The number of unbranched alkanes of at least 4 members (excludes halogenated alkanes) is 4. The number of allylic oxidation sites excluding steroid dienone is 1. The lowest BCUT2D eigenvalue weighted by Gasteiger charge is -2.31. The maximum absolute atomic E-state index is 12.8. The van der Waals surface area contributed by atoms with E-state index in [-0.39, 0.29) is 12.4 Å². The molecule has 0 saturated heterocycles. The molecule has 36 heavy (non-hydrogen) atoms. The second kappa shape index (κ2) is 14.9. The van der Waals surface area contributed by atoms with Crippen molar-refractivity contribution in [2.45, 2.75) is 130 Å². The second-order valence-electron chi connectivity index (χ2n) is 11.6. The number of carbonyl (C=O) groups is 4. The SMILES string of the molecule is COC(=O)[C@H](CC=CCCCCCCC(=O)OC(C)(C)C)N(C(=O)OC(C)(C)C)C(=O)OC(C)(C)C. The van der Waals surface area contributed by atoms with E-state index in [1.165, 1.54) is 7.11 Å². The van der Waals surface area contributed by atoms with Gasteiger partial charge in [0.15, 0.2) is 0 Å².